The Morgan fingerprint density at radius 1 is 1.10 bits per heavy atom. The Kier molecular flexibility index (Phi) is 8.85. The zero-order valence-electron chi connectivity index (χ0n) is 26.4. The van der Waals surface area contributed by atoms with Gasteiger partial charge in [-0.1, -0.05) is 51.1 Å². The molecule has 3 saturated heterocycles. The predicted molar refractivity (Wildman–Crippen MR) is 171 cm³/mol. The zero-order chi connectivity index (χ0) is 31.3. The summed E-state index contributed by atoms with van der Waals surface area (Å²) in [5.41, 5.74) is 0.210. The minimum absolute atomic E-state index is 0.0365. The van der Waals surface area contributed by atoms with Crippen LogP contribution in [-0.4, -0.2) is 79.4 Å². The van der Waals surface area contributed by atoms with Crippen LogP contribution in [-0.2, 0) is 14.4 Å². The maximum absolute atomic E-state index is 14.9. The minimum Gasteiger partial charge on any atom is -0.394 e. The molecule has 1 aromatic rings. The maximum Gasteiger partial charge on any atom is 0.247 e. The van der Waals surface area contributed by atoms with Gasteiger partial charge in [0.25, 0.3) is 0 Å². The van der Waals surface area contributed by atoms with E-state index in [4.69, 9.17) is 0 Å². The summed E-state index contributed by atoms with van der Waals surface area (Å²) < 4.78 is -1.26. The standard InChI is InChI=1S/C34H49N3O4S/c1-10-19-35(24-15-13-12-14-16-24)28(39)25-26-29(40)37(23(3)21-38)27(34(26)18-17-33(25,9)42-34)30(41)36(20-11-2)32(7,8)22-31(4,5)6/h10-16,23,25-27,38H,1-2,17-22H2,3-9H3/t23-,25+,26+,27?,33-,34?/m1/s1. The second kappa shape index (κ2) is 11.5. The lowest BCUT2D eigenvalue weighted by Crippen LogP contribution is -2.61. The number of aliphatic hydroxyl groups is 1. The molecular formula is C34H49N3O4S. The first-order valence-electron chi connectivity index (χ1n) is 15.1. The summed E-state index contributed by atoms with van der Waals surface area (Å²) >= 11 is 1.66. The highest BCUT2D eigenvalue weighted by Crippen LogP contribution is 2.72. The van der Waals surface area contributed by atoms with Gasteiger partial charge in [-0.3, -0.25) is 14.4 Å². The largest absolute Gasteiger partial charge is 0.394 e. The molecule has 2 unspecified atom stereocenters. The van der Waals surface area contributed by atoms with Crippen LogP contribution in [0.2, 0.25) is 0 Å². The second-order valence-corrected chi connectivity index (χ2v) is 16.3. The van der Waals surface area contributed by atoms with Crippen LogP contribution in [0.3, 0.4) is 0 Å². The number of nitrogens with zero attached hydrogens (tertiary/aromatic N) is 3. The normalized spacial score (nSPS) is 29.3. The Morgan fingerprint density at radius 3 is 2.26 bits per heavy atom. The number of amides is 3. The summed E-state index contributed by atoms with van der Waals surface area (Å²) in [6.45, 7) is 22.7. The molecule has 3 heterocycles. The molecule has 3 aliphatic rings. The van der Waals surface area contributed by atoms with Gasteiger partial charge < -0.3 is 19.8 Å². The monoisotopic (exact) mass is 595 g/mol. The molecule has 3 fully saturated rings. The summed E-state index contributed by atoms with van der Waals surface area (Å²) in [7, 11) is 0. The molecule has 0 saturated carbocycles. The molecule has 8 heteroatoms. The van der Waals surface area contributed by atoms with E-state index in [2.05, 4.69) is 54.7 Å². The molecule has 1 aromatic carbocycles. The number of carbonyl (C=O) groups is 3. The molecule has 0 aliphatic carbocycles. The van der Waals surface area contributed by atoms with Crippen molar-refractivity contribution in [3.63, 3.8) is 0 Å². The fourth-order valence-electron chi connectivity index (χ4n) is 8.11. The molecule has 1 N–H and O–H groups in total. The quantitative estimate of drug-likeness (QED) is 0.352. The number of para-hydroxylation sites is 1. The molecule has 4 rings (SSSR count). The number of hydrogen-bond donors (Lipinski definition) is 1. The van der Waals surface area contributed by atoms with Crippen LogP contribution in [0.4, 0.5) is 5.69 Å². The molecule has 2 bridgehead atoms. The molecule has 0 radical (unpaired) electrons. The van der Waals surface area contributed by atoms with Crippen LogP contribution in [0.5, 0.6) is 0 Å². The highest BCUT2D eigenvalue weighted by atomic mass is 32.2. The average molecular weight is 596 g/mol. The Morgan fingerprint density at radius 2 is 1.71 bits per heavy atom. The van der Waals surface area contributed by atoms with Crippen LogP contribution < -0.4 is 4.90 Å². The lowest BCUT2D eigenvalue weighted by atomic mass is 9.66. The molecule has 1 spiro atoms. The van der Waals surface area contributed by atoms with Gasteiger partial charge in [-0.2, -0.15) is 0 Å². The van der Waals surface area contributed by atoms with Crippen molar-refractivity contribution < 1.29 is 19.5 Å². The van der Waals surface area contributed by atoms with Crippen molar-refractivity contribution in [2.45, 2.75) is 94.8 Å². The zero-order valence-corrected chi connectivity index (χ0v) is 27.2. The van der Waals surface area contributed by atoms with Crippen LogP contribution in [0.25, 0.3) is 0 Å². The summed E-state index contributed by atoms with van der Waals surface area (Å²) in [6.07, 6.45) is 5.59. The fourth-order valence-corrected chi connectivity index (χ4v) is 10.4. The lowest BCUT2D eigenvalue weighted by Gasteiger charge is -2.46. The van der Waals surface area contributed by atoms with E-state index in [9.17, 15) is 19.5 Å². The van der Waals surface area contributed by atoms with Crippen molar-refractivity contribution in [2.75, 3.05) is 24.6 Å². The number of benzene rings is 1. The van der Waals surface area contributed by atoms with Crippen molar-refractivity contribution >= 4 is 35.2 Å². The van der Waals surface area contributed by atoms with Gasteiger partial charge >= 0.3 is 0 Å². The number of thioether (sulfide) groups is 1. The lowest BCUT2D eigenvalue weighted by molar-refractivity contribution is -0.149. The molecule has 230 valence electrons. The Labute approximate surface area is 256 Å². The van der Waals surface area contributed by atoms with E-state index in [-0.39, 0.29) is 29.7 Å². The van der Waals surface area contributed by atoms with Gasteiger partial charge in [0.15, 0.2) is 0 Å². The second-order valence-electron chi connectivity index (χ2n) is 14.4. The van der Waals surface area contributed by atoms with Crippen LogP contribution >= 0.6 is 11.8 Å². The van der Waals surface area contributed by atoms with Crippen LogP contribution in [0, 0.1) is 17.3 Å². The van der Waals surface area contributed by atoms with Crippen molar-refractivity contribution in [3.8, 4) is 0 Å². The van der Waals surface area contributed by atoms with Gasteiger partial charge in [-0.15, -0.1) is 24.9 Å². The van der Waals surface area contributed by atoms with E-state index < -0.39 is 39.0 Å². The van der Waals surface area contributed by atoms with E-state index in [0.717, 1.165) is 18.5 Å². The molecular weight excluding hydrogens is 546 g/mol. The van der Waals surface area contributed by atoms with E-state index in [0.29, 0.717) is 19.5 Å². The SMILES string of the molecule is C=CCN(C(=O)[C@@H]1[C@H]2C(=O)N([C@H](C)CO)C(C(=O)N(CC=C)C(C)(C)CC(C)(C)C)C23CC[C@@]1(C)S3)c1ccccc1. The molecule has 7 nitrogen and oxygen atoms in total. The fraction of sp³-hybridized carbons (Fsp3) is 0.618. The number of carbonyl (C=O) groups excluding carboxylic acids is 3. The first-order valence-corrected chi connectivity index (χ1v) is 15.9. The van der Waals surface area contributed by atoms with Gasteiger partial charge in [0.2, 0.25) is 17.7 Å². The van der Waals surface area contributed by atoms with Gasteiger partial charge in [0.05, 0.1) is 29.2 Å². The van der Waals surface area contributed by atoms with E-state index >= 15 is 0 Å². The van der Waals surface area contributed by atoms with Crippen LogP contribution in [0.1, 0.15) is 67.7 Å². The van der Waals surface area contributed by atoms with Crippen molar-refractivity contribution in [2.24, 2.45) is 17.3 Å². The molecule has 0 aromatic heterocycles. The number of rotatable bonds is 11. The number of anilines is 1. The van der Waals surface area contributed by atoms with E-state index in [1.165, 1.54) is 0 Å². The van der Waals surface area contributed by atoms with E-state index in [1.807, 2.05) is 35.2 Å². The first kappa shape index (κ1) is 32.3. The number of fused-ring (bicyclic) bond motifs is 1. The first-order chi connectivity index (χ1) is 19.6. The minimum atomic E-state index is -0.787. The highest BCUT2D eigenvalue weighted by molar-refractivity contribution is 8.02. The Balaban J connectivity index is 1.83. The van der Waals surface area contributed by atoms with Crippen molar-refractivity contribution in [1.29, 1.82) is 0 Å². The summed E-state index contributed by atoms with van der Waals surface area (Å²) in [5, 5.41) is 10.3. The molecule has 42 heavy (non-hydrogen) atoms. The molecule has 3 aliphatic heterocycles. The summed E-state index contributed by atoms with van der Waals surface area (Å²) in [6, 6.07) is 8.14. The summed E-state index contributed by atoms with van der Waals surface area (Å²) in [5.74, 6) is -1.72. The van der Waals surface area contributed by atoms with Gasteiger partial charge in [0, 0.05) is 29.1 Å². The third-order valence-electron chi connectivity index (χ3n) is 9.37. The van der Waals surface area contributed by atoms with Gasteiger partial charge in [0.1, 0.15) is 6.04 Å². The number of likely N-dealkylation sites (tertiary alicyclic amines) is 1. The number of hydrogen-bond acceptors (Lipinski definition) is 5. The predicted octanol–water partition coefficient (Wildman–Crippen LogP) is 5.30. The third-order valence-corrected chi connectivity index (χ3v) is 11.4. The third kappa shape index (κ3) is 5.34. The highest BCUT2D eigenvalue weighted by Gasteiger charge is 2.78. The summed E-state index contributed by atoms with van der Waals surface area (Å²) in [4.78, 5) is 49.2. The maximum atomic E-state index is 14.9. The Hall–Kier alpha value is -2.58. The topological polar surface area (TPSA) is 81.2 Å². The van der Waals surface area contributed by atoms with E-state index in [1.54, 1.807) is 40.6 Å². The molecule has 6 atom stereocenters. The van der Waals surface area contributed by atoms with Gasteiger partial charge in [-0.05, 0) is 64.5 Å². The number of aliphatic hydroxyl groups excluding tert-OH is 1. The average Bonchev–Trinajstić information content (AvgIpc) is 3.48. The van der Waals surface area contributed by atoms with Crippen molar-refractivity contribution in [3.05, 3.63) is 55.6 Å². The van der Waals surface area contributed by atoms with Crippen molar-refractivity contribution in [1.82, 2.24) is 9.80 Å². The smallest absolute Gasteiger partial charge is 0.247 e. The molecule has 3 amide bonds. The van der Waals surface area contributed by atoms with Gasteiger partial charge in [-0.25, -0.2) is 0 Å². The van der Waals surface area contributed by atoms with Crippen LogP contribution in [0.15, 0.2) is 55.6 Å². The Bertz CT molecular complexity index is 1230.